The Morgan fingerprint density at radius 2 is 2.13 bits per heavy atom. The summed E-state index contributed by atoms with van der Waals surface area (Å²) in [6.07, 6.45) is 7.23. The highest BCUT2D eigenvalue weighted by molar-refractivity contribution is 5.87. The summed E-state index contributed by atoms with van der Waals surface area (Å²) in [4.78, 5) is 11.0. The Balaban J connectivity index is 2.53. The van der Waals surface area contributed by atoms with Crippen LogP contribution >= 0.6 is 0 Å². The van der Waals surface area contributed by atoms with E-state index in [9.17, 15) is 4.79 Å². The summed E-state index contributed by atoms with van der Waals surface area (Å²) < 4.78 is 0. The summed E-state index contributed by atoms with van der Waals surface area (Å²) in [5.74, 6) is 0.101. The number of hydrogen-bond acceptors (Lipinski definition) is 3. The van der Waals surface area contributed by atoms with E-state index in [1.807, 2.05) is 0 Å². The number of nitrogens with one attached hydrogen (secondary N) is 1. The predicted molar refractivity (Wildman–Crippen MR) is 62.4 cm³/mol. The van der Waals surface area contributed by atoms with Gasteiger partial charge in [0, 0.05) is 17.8 Å². The van der Waals surface area contributed by atoms with Crippen molar-refractivity contribution < 1.29 is 4.79 Å². The van der Waals surface area contributed by atoms with Gasteiger partial charge in [0.1, 0.15) is 0 Å². The fraction of sp³-hybridized carbons (Fsp3) is 0.750. The number of hydrogen-bond donors (Lipinski definition) is 2. The van der Waals surface area contributed by atoms with E-state index >= 15 is 0 Å². The molecule has 0 saturated heterocycles. The summed E-state index contributed by atoms with van der Waals surface area (Å²) in [6, 6.07) is 0.588. The molecule has 0 aliphatic heterocycles. The third-order valence-corrected chi connectivity index (χ3v) is 2.95. The molecular formula is C12H22N2O. The second-order valence-corrected chi connectivity index (χ2v) is 4.33. The summed E-state index contributed by atoms with van der Waals surface area (Å²) in [6.45, 7) is 3.63. The quantitative estimate of drug-likeness (QED) is 0.695. The number of carbonyl (C=O) groups excluding carboxylic acids is 1. The Labute approximate surface area is 92.1 Å². The molecule has 3 N–H and O–H groups in total. The van der Waals surface area contributed by atoms with Gasteiger partial charge >= 0.3 is 0 Å². The van der Waals surface area contributed by atoms with E-state index in [1.54, 1.807) is 13.0 Å². The molecule has 15 heavy (non-hydrogen) atoms. The molecule has 2 unspecified atom stereocenters. The van der Waals surface area contributed by atoms with Crippen LogP contribution in [0.4, 0.5) is 0 Å². The fourth-order valence-corrected chi connectivity index (χ4v) is 2.07. The van der Waals surface area contributed by atoms with Crippen LogP contribution in [0.1, 0.15) is 46.0 Å². The molecule has 3 heteroatoms. The molecule has 1 aliphatic rings. The third-order valence-electron chi connectivity index (χ3n) is 2.95. The highest BCUT2D eigenvalue weighted by Crippen LogP contribution is 2.18. The molecule has 0 bridgehead atoms. The van der Waals surface area contributed by atoms with Gasteiger partial charge in [-0.05, 0) is 32.3 Å². The van der Waals surface area contributed by atoms with Gasteiger partial charge in [-0.15, -0.1) is 0 Å². The van der Waals surface area contributed by atoms with Crippen molar-refractivity contribution in [2.75, 3.05) is 0 Å². The first-order chi connectivity index (χ1) is 7.13. The van der Waals surface area contributed by atoms with Crippen LogP contribution in [0.15, 0.2) is 11.8 Å². The van der Waals surface area contributed by atoms with Crippen molar-refractivity contribution >= 4 is 5.78 Å². The second-order valence-electron chi connectivity index (χ2n) is 4.33. The molecule has 0 spiro atoms. The lowest BCUT2D eigenvalue weighted by atomic mass is 9.90. The number of allylic oxidation sites excluding steroid dienone is 2. The van der Waals surface area contributed by atoms with Gasteiger partial charge in [-0.2, -0.15) is 0 Å². The molecule has 3 nitrogen and oxygen atoms in total. The molecule has 1 aliphatic carbocycles. The standard InChI is InChI=1S/C12H22N2O/c1-3-10(8-9(2)15)14-12-7-5-4-6-11(12)13/h8,11-12,14H,3-7,13H2,1-2H3/b10-8+. The molecule has 1 fully saturated rings. The third kappa shape index (κ3) is 4.04. The van der Waals surface area contributed by atoms with Crippen molar-refractivity contribution in [2.24, 2.45) is 5.73 Å². The molecule has 1 saturated carbocycles. The molecule has 0 radical (unpaired) electrons. The van der Waals surface area contributed by atoms with Crippen LogP contribution in [-0.2, 0) is 4.79 Å². The molecule has 2 atom stereocenters. The Morgan fingerprint density at radius 3 is 2.67 bits per heavy atom. The summed E-state index contributed by atoms with van der Waals surface area (Å²) in [5, 5.41) is 3.40. The molecule has 0 heterocycles. The minimum atomic E-state index is 0.101. The van der Waals surface area contributed by atoms with Crippen molar-refractivity contribution in [2.45, 2.75) is 58.0 Å². The highest BCUT2D eigenvalue weighted by Gasteiger charge is 2.21. The topological polar surface area (TPSA) is 55.1 Å². The first kappa shape index (κ1) is 12.2. The molecular weight excluding hydrogens is 188 g/mol. The zero-order chi connectivity index (χ0) is 11.3. The lowest BCUT2D eigenvalue weighted by molar-refractivity contribution is -0.112. The van der Waals surface area contributed by atoms with Crippen molar-refractivity contribution in [3.8, 4) is 0 Å². The Kier molecular flexibility index (Phi) is 4.82. The van der Waals surface area contributed by atoms with Gasteiger partial charge in [-0.3, -0.25) is 4.79 Å². The highest BCUT2D eigenvalue weighted by atomic mass is 16.1. The first-order valence-electron chi connectivity index (χ1n) is 5.86. The van der Waals surface area contributed by atoms with Gasteiger partial charge in [0.05, 0.1) is 0 Å². The van der Waals surface area contributed by atoms with E-state index in [1.165, 1.54) is 12.8 Å². The van der Waals surface area contributed by atoms with Crippen molar-refractivity contribution in [1.29, 1.82) is 0 Å². The van der Waals surface area contributed by atoms with E-state index in [2.05, 4.69) is 12.2 Å². The Hall–Kier alpha value is -0.830. The molecule has 0 aromatic carbocycles. The van der Waals surface area contributed by atoms with Crippen LogP contribution in [0.3, 0.4) is 0 Å². The molecule has 1 rings (SSSR count). The van der Waals surface area contributed by atoms with Crippen LogP contribution in [0.25, 0.3) is 0 Å². The average Bonchev–Trinajstić information content (AvgIpc) is 2.19. The van der Waals surface area contributed by atoms with Gasteiger partial charge < -0.3 is 11.1 Å². The molecule has 86 valence electrons. The Morgan fingerprint density at radius 1 is 1.47 bits per heavy atom. The minimum Gasteiger partial charge on any atom is -0.384 e. The maximum Gasteiger partial charge on any atom is 0.154 e. The van der Waals surface area contributed by atoms with Gasteiger partial charge in [0.2, 0.25) is 0 Å². The van der Waals surface area contributed by atoms with Crippen LogP contribution in [0, 0.1) is 0 Å². The van der Waals surface area contributed by atoms with Gasteiger partial charge in [0.25, 0.3) is 0 Å². The maximum atomic E-state index is 11.0. The normalized spacial score (nSPS) is 27.5. The second kappa shape index (κ2) is 5.91. The summed E-state index contributed by atoms with van der Waals surface area (Å²) in [7, 11) is 0. The van der Waals surface area contributed by atoms with E-state index in [0.29, 0.717) is 6.04 Å². The van der Waals surface area contributed by atoms with E-state index < -0.39 is 0 Å². The lowest BCUT2D eigenvalue weighted by Gasteiger charge is -2.30. The van der Waals surface area contributed by atoms with E-state index in [4.69, 9.17) is 5.73 Å². The fourth-order valence-electron chi connectivity index (χ4n) is 2.07. The SMILES string of the molecule is CC/C(=C\C(C)=O)NC1CCCCC1N. The zero-order valence-corrected chi connectivity index (χ0v) is 9.75. The number of rotatable bonds is 4. The van der Waals surface area contributed by atoms with Crippen LogP contribution < -0.4 is 11.1 Å². The van der Waals surface area contributed by atoms with Crippen molar-refractivity contribution in [3.63, 3.8) is 0 Å². The number of nitrogens with two attached hydrogens (primary N) is 1. The van der Waals surface area contributed by atoms with E-state index in [0.717, 1.165) is 25.0 Å². The monoisotopic (exact) mass is 210 g/mol. The smallest absolute Gasteiger partial charge is 0.154 e. The summed E-state index contributed by atoms with van der Waals surface area (Å²) >= 11 is 0. The van der Waals surface area contributed by atoms with Crippen LogP contribution in [-0.4, -0.2) is 17.9 Å². The average molecular weight is 210 g/mol. The van der Waals surface area contributed by atoms with Crippen molar-refractivity contribution in [3.05, 3.63) is 11.8 Å². The predicted octanol–water partition coefficient (Wildman–Crippen LogP) is 1.73. The number of ketones is 1. The minimum absolute atomic E-state index is 0.101. The molecule has 0 aromatic rings. The Bertz CT molecular complexity index is 248. The van der Waals surface area contributed by atoms with E-state index in [-0.39, 0.29) is 11.8 Å². The van der Waals surface area contributed by atoms with Gasteiger partial charge in [-0.25, -0.2) is 0 Å². The largest absolute Gasteiger partial charge is 0.384 e. The number of carbonyl (C=O) groups is 1. The molecule has 0 amide bonds. The van der Waals surface area contributed by atoms with Gasteiger partial charge in [-0.1, -0.05) is 19.8 Å². The molecule has 0 aromatic heterocycles. The zero-order valence-electron chi connectivity index (χ0n) is 9.75. The maximum absolute atomic E-state index is 11.0. The summed E-state index contributed by atoms with van der Waals surface area (Å²) in [5.41, 5.74) is 7.06. The first-order valence-corrected chi connectivity index (χ1v) is 5.86. The van der Waals surface area contributed by atoms with Crippen molar-refractivity contribution in [1.82, 2.24) is 5.32 Å². The van der Waals surface area contributed by atoms with Gasteiger partial charge in [0.15, 0.2) is 5.78 Å². The lowest BCUT2D eigenvalue weighted by Crippen LogP contribution is -2.46. The van der Waals surface area contributed by atoms with Crippen LogP contribution in [0.2, 0.25) is 0 Å². The van der Waals surface area contributed by atoms with Crippen LogP contribution in [0.5, 0.6) is 0 Å².